The number of hydrogen-bond acceptors (Lipinski definition) is 1. The summed E-state index contributed by atoms with van der Waals surface area (Å²) in [5, 5.41) is 0. The molecule has 1 heteroatoms. The van der Waals surface area contributed by atoms with Crippen LogP contribution in [0, 0.1) is 10.8 Å². The molecule has 0 bridgehead atoms. The summed E-state index contributed by atoms with van der Waals surface area (Å²) in [7, 11) is 1.81. The molecule has 0 saturated carbocycles. The van der Waals surface area contributed by atoms with Crippen molar-refractivity contribution in [3.8, 4) is 0 Å². The minimum atomic E-state index is 0.264. The number of hydrogen-bond donors (Lipinski definition) is 0. The molecular formula is C20H32O. The van der Waals surface area contributed by atoms with Crippen LogP contribution in [-0.2, 0) is 11.2 Å². The molecule has 0 radical (unpaired) electrons. The fourth-order valence-corrected chi connectivity index (χ4v) is 3.23. The maximum absolute atomic E-state index is 5.46. The lowest BCUT2D eigenvalue weighted by atomic mass is 9.68. The van der Waals surface area contributed by atoms with Gasteiger partial charge in [0.25, 0.3) is 0 Å². The monoisotopic (exact) mass is 288 g/mol. The van der Waals surface area contributed by atoms with Crippen LogP contribution in [0.2, 0.25) is 0 Å². The van der Waals surface area contributed by atoms with Crippen molar-refractivity contribution in [2.24, 2.45) is 10.8 Å². The Morgan fingerprint density at radius 1 is 1.05 bits per heavy atom. The van der Waals surface area contributed by atoms with Gasteiger partial charge in [-0.15, -0.1) is 0 Å². The van der Waals surface area contributed by atoms with E-state index >= 15 is 0 Å². The average Bonchev–Trinajstić information content (AvgIpc) is 2.48. The molecule has 0 saturated heterocycles. The largest absolute Gasteiger partial charge is 0.384 e. The molecular weight excluding hydrogens is 256 g/mol. The second-order valence-corrected chi connectivity index (χ2v) is 7.06. The smallest absolute Gasteiger partial charge is 0.0516 e. The summed E-state index contributed by atoms with van der Waals surface area (Å²) >= 11 is 0. The zero-order valence-corrected chi connectivity index (χ0v) is 14.5. The Bertz CT molecular complexity index is 434. The number of ether oxygens (including phenoxy) is 1. The van der Waals surface area contributed by atoms with Gasteiger partial charge in [0.2, 0.25) is 0 Å². The van der Waals surface area contributed by atoms with E-state index in [4.69, 9.17) is 4.74 Å². The molecule has 0 amide bonds. The lowest BCUT2D eigenvalue weighted by Gasteiger charge is -2.38. The van der Waals surface area contributed by atoms with E-state index in [9.17, 15) is 0 Å². The third-order valence-electron chi connectivity index (χ3n) is 4.90. The molecule has 0 spiro atoms. The first-order valence-electron chi connectivity index (χ1n) is 8.10. The van der Waals surface area contributed by atoms with Crippen LogP contribution in [0.1, 0.15) is 58.1 Å². The second-order valence-electron chi connectivity index (χ2n) is 7.06. The summed E-state index contributed by atoms with van der Waals surface area (Å²) in [6.45, 7) is 14.0. The second kappa shape index (κ2) is 7.79. The molecule has 1 rings (SSSR count). The molecule has 21 heavy (non-hydrogen) atoms. The van der Waals surface area contributed by atoms with Crippen LogP contribution >= 0.6 is 0 Å². The van der Waals surface area contributed by atoms with Crippen LogP contribution in [0.25, 0.3) is 6.08 Å². The van der Waals surface area contributed by atoms with E-state index in [0.29, 0.717) is 5.41 Å². The van der Waals surface area contributed by atoms with E-state index in [0.717, 1.165) is 19.4 Å². The highest BCUT2D eigenvalue weighted by Gasteiger charge is 2.33. The SMILES string of the molecule is C=Cc1ccc(CC(C)(CC)CC(C)(CC)COC)cc1. The van der Waals surface area contributed by atoms with Gasteiger partial charge < -0.3 is 4.74 Å². The first kappa shape index (κ1) is 18.0. The Hall–Kier alpha value is -1.08. The van der Waals surface area contributed by atoms with Crippen LogP contribution in [-0.4, -0.2) is 13.7 Å². The summed E-state index contributed by atoms with van der Waals surface area (Å²) < 4.78 is 5.46. The van der Waals surface area contributed by atoms with Crippen LogP contribution in [0.5, 0.6) is 0 Å². The topological polar surface area (TPSA) is 9.23 Å². The zero-order chi connectivity index (χ0) is 15.9. The first-order chi connectivity index (χ1) is 9.90. The van der Waals surface area contributed by atoms with Crippen molar-refractivity contribution in [3.05, 3.63) is 42.0 Å². The van der Waals surface area contributed by atoms with E-state index in [1.807, 2.05) is 13.2 Å². The fourth-order valence-electron chi connectivity index (χ4n) is 3.23. The minimum absolute atomic E-state index is 0.264. The Morgan fingerprint density at radius 3 is 2.05 bits per heavy atom. The molecule has 0 aliphatic heterocycles. The molecule has 118 valence electrons. The molecule has 1 aromatic carbocycles. The molecule has 2 unspecified atom stereocenters. The molecule has 2 atom stereocenters. The standard InChI is InChI=1S/C20H32O/c1-7-17-10-12-18(13-11-17)14-19(4,8-2)15-20(5,9-3)16-21-6/h7,10-13H,1,8-9,14-16H2,2-6H3. The predicted molar refractivity (Wildman–Crippen MR) is 93.5 cm³/mol. The Balaban J connectivity index is 2.85. The number of benzene rings is 1. The van der Waals surface area contributed by atoms with Gasteiger partial charge in [-0.1, -0.05) is 71.0 Å². The Labute approximate surface area is 131 Å². The van der Waals surface area contributed by atoms with E-state index in [-0.39, 0.29) is 5.41 Å². The van der Waals surface area contributed by atoms with E-state index in [1.165, 1.54) is 24.0 Å². The lowest BCUT2D eigenvalue weighted by molar-refractivity contribution is 0.0452. The van der Waals surface area contributed by atoms with Crippen LogP contribution in [0.15, 0.2) is 30.8 Å². The average molecular weight is 288 g/mol. The van der Waals surface area contributed by atoms with E-state index in [2.05, 4.69) is 58.5 Å². The van der Waals surface area contributed by atoms with Crippen LogP contribution < -0.4 is 0 Å². The summed E-state index contributed by atoms with van der Waals surface area (Å²) in [5.41, 5.74) is 3.19. The van der Waals surface area contributed by atoms with Gasteiger partial charge in [-0.05, 0) is 41.2 Å². The van der Waals surface area contributed by atoms with Crippen molar-refractivity contribution >= 4 is 6.08 Å². The molecule has 0 fully saturated rings. The molecule has 0 aliphatic rings. The maximum Gasteiger partial charge on any atom is 0.0516 e. The highest BCUT2D eigenvalue weighted by atomic mass is 16.5. The van der Waals surface area contributed by atoms with Gasteiger partial charge in [-0.3, -0.25) is 0 Å². The predicted octanol–water partition coefficient (Wildman–Crippen LogP) is 5.74. The third-order valence-corrected chi connectivity index (χ3v) is 4.90. The van der Waals surface area contributed by atoms with Crippen molar-refractivity contribution < 1.29 is 4.74 Å². The Kier molecular flexibility index (Phi) is 6.67. The molecule has 0 aromatic heterocycles. The summed E-state index contributed by atoms with van der Waals surface area (Å²) in [6.07, 6.45) is 6.57. The zero-order valence-electron chi connectivity index (χ0n) is 14.5. The molecule has 0 heterocycles. The van der Waals surface area contributed by atoms with Crippen molar-refractivity contribution in [2.45, 2.75) is 53.4 Å². The summed E-state index contributed by atoms with van der Waals surface area (Å²) in [6, 6.07) is 8.80. The molecule has 0 aliphatic carbocycles. The number of rotatable bonds is 9. The molecule has 1 aromatic rings. The van der Waals surface area contributed by atoms with Gasteiger partial charge in [-0.25, -0.2) is 0 Å². The quantitative estimate of drug-likeness (QED) is 0.563. The highest BCUT2D eigenvalue weighted by Crippen LogP contribution is 2.41. The van der Waals surface area contributed by atoms with E-state index < -0.39 is 0 Å². The van der Waals surface area contributed by atoms with Gasteiger partial charge in [-0.2, -0.15) is 0 Å². The van der Waals surface area contributed by atoms with Gasteiger partial charge in [0, 0.05) is 7.11 Å². The summed E-state index contributed by atoms with van der Waals surface area (Å²) in [5.74, 6) is 0. The maximum atomic E-state index is 5.46. The van der Waals surface area contributed by atoms with Crippen LogP contribution in [0.3, 0.4) is 0 Å². The lowest BCUT2D eigenvalue weighted by Crippen LogP contribution is -2.32. The first-order valence-corrected chi connectivity index (χ1v) is 8.10. The van der Waals surface area contributed by atoms with Gasteiger partial charge in [0.05, 0.1) is 6.61 Å². The third kappa shape index (κ3) is 5.32. The molecule has 1 nitrogen and oxygen atoms in total. The van der Waals surface area contributed by atoms with Crippen molar-refractivity contribution in [1.82, 2.24) is 0 Å². The van der Waals surface area contributed by atoms with Gasteiger partial charge in [0.1, 0.15) is 0 Å². The van der Waals surface area contributed by atoms with Crippen molar-refractivity contribution in [1.29, 1.82) is 0 Å². The normalized spacial score (nSPS) is 17.0. The Morgan fingerprint density at radius 2 is 1.62 bits per heavy atom. The fraction of sp³-hybridized carbons (Fsp3) is 0.600. The van der Waals surface area contributed by atoms with Gasteiger partial charge in [0.15, 0.2) is 0 Å². The van der Waals surface area contributed by atoms with Crippen LogP contribution in [0.4, 0.5) is 0 Å². The van der Waals surface area contributed by atoms with Gasteiger partial charge >= 0.3 is 0 Å². The minimum Gasteiger partial charge on any atom is -0.384 e. The molecule has 0 N–H and O–H groups in total. The number of methoxy groups -OCH3 is 1. The van der Waals surface area contributed by atoms with Crippen molar-refractivity contribution in [2.75, 3.05) is 13.7 Å². The van der Waals surface area contributed by atoms with E-state index in [1.54, 1.807) is 0 Å². The highest BCUT2D eigenvalue weighted by molar-refractivity contribution is 5.47. The van der Waals surface area contributed by atoms with Crippen molar-refractivity contribution in [3.63, 3.8) is 0 Å². The summed E-state index contributed by atoms with van der Waals surface area (Å²) in [4.78, 5) is 0.